The van der Waals surface area contributed by atoms with Crippen molar-refractivity contribution < 1.29 is 13.9 Å². The second-order valence-corrected chi connectivity index (χ2v) is 4.82. The van der Waals surface area contributed by atoms with Crippen LogP contribution in [0.5, 0.6) is 0 Å². The Hall–Kier alpha value is -2.34. The van der Waals surface area contributed by atoms with E-state index < -0.39 is 0 Å². The molecule has 22 heavy (non-hydrogen) atoms. The van der Waals surface area contributed by atoms with E-state index in [4.69, 9.17) is 9.15 Å². The summed E-state index contributed by atoms with van der Waals surface area (Å²) in [5.74, 6) is 0.721. The quantitative estimate of drug-likeness (QED) is 0.713. The van der Waals surface area contributed by atoms with Gasteiger partial charge in [0.05, 0.1) is 6.26 Å². The number of rotatable bonds is 9. The number of ether oxygens (including phenoxy) is 1. The summed E-state index contributed by atoms with van der Waals surface area (Å²) < 4.78 is 12.1. The van der Waals surface area contributed by atoms with Crippen LogP contribution in [0, 0.1) is 0 Å². The van der Waals surface area contributed by atoms with Gasteiger partial charge in [0, 0.05) is 38.4 Å². The summed E-state index contributed by atoms with van der Waals surface area (Å²) in [5, 5.41) is 2.81. The van der Waals surface area contributed by atoms with Crippen molar-refractivity contribution in [2.45, 2.75) is 26.0 Å². The Morgan fingerprint density at radius 1 is 1.27 bits per heavy atom. The zero-order valence-corrected chi connectivity index (χ0v) is 12.4. The lowest BCUT2D eigenvalue weighted by atomic mass is 10.3. The van der Waals surface area contributed by atoms with Crippen LogP contribution in [0.3, 0.4) is 0 Å². The molecule has 2 heterocycles. The maximum atomic E-state index is 11.7. The first-order chi connectivity index (χ1) is 10.8. The minimum atomic E-state index is -0.0957. The van der Waals surface area contributed by atoms with Crippen LogP contribution in [-0.2, 0) is 22.7 Å². The lowest BCUT2D eigenvalue weighted by Gasteiger charge is -2.07. The van der Waals surface area contributed by atoms with E-state index in [-0.39, 0.29) is 17.9 Å². The number of aryl methyl sites for hydroxylation is 1. The molecule has 6 nitrogen and oxygen atoms in total. The molecule has 0 aromatic carbocycles. The van der Waals surface area contributed by atoms with Crippen LogP contribution in [-0.4, -0.2) is 23.6 Å². The van der Waals surface area contributed by atoms with Crippen LogP contribution in [0.1, 0.15) is 18.6 Å². The van der Waals surface area contributed by atoms with Gasteiger partial charge in [-0.25, -0.2) is 0 Å². The fourth-order valence-corrected chi connectivity index (χ4v) is 1.93. The molecule has 0 aliphatic carbocycles. The number of aromatic nitrogens is 1. The summed E-state index contributed by atoms with van der Waals surface area (Å²) in [5.41, 5.74) is -0.0957. The summed E-state index contributed by atoms with van der Waals surface area (Å²) in [7, 11) is 0. The van der Waals surface area contributed by atoms with Gasteiger partial charge in [0.15, 0.2) is 0 Å². The van der Waals surface area contributed by atoms with Gasteiger partial charge in [-0.15, -0.1) is 0 Å². The van der Waals surface area contributed by atoms with Crippen LogP contribution >= 0.6 is 0 Å². The van der Waals surface area contributed by atoms with Gasteiger partial charge in [-0.2, -0.15) is 0 Å². The number of nitrogens with one attached hydrogen (secondary N) is 1. The topological polar surface area (TPSA) is 73.5 Å². The molecule has 0 radical (unpaired) electrons. The van der Waals surface area contributed by atoms with Crippen LogP contribution in [0.15, 0.2) is 52.0 Å². The van der Waals surface area contributed by atoms with E-state index in [1.54, 1.807) is 24.6 Å². The lowest BCUT2D eigenvalue weighted by molar-refractivity contribution is -0.121. The fourth-order valence-electron chi connectivity index (χ4n) is 1.93. The lowest BCUT2D eigenvalue weighted by Crippen LogP contribution is -2.28. The van der Waals surface area contributed by atoms with E-state index in [1.165, 1.54) is 10.6 Å². The van der Waals surface area contributed by atoms with Gasteiger partial charge in [-0.3, -0.25) is 9.59 Å². The Balaban J connectivity index is 1.52. The molecule has 1 N–H and O–H groups in total. The number of carbonyl (C=O) groups excluding carboxylic acids is 1. The zero-order valence-electron chi connectivity index (χ0n) is 12.4. The van der Waals surface area contributed by atoms with Crippen molar-refractivity contribution in [3.63, 3.8) is 0 Å². The molecule has 0 atom stereocenters. The average Bonchev–Trinajstić information content (AvgIpc) is 3.03. The van der Waals surface area contributed by atoms with Gasteiger partial charge in [0.2, 0.25) is 5.91 Å². The molecule has 0 fully saturated rings. The van der Waals surface area contributed by atoms with Crippen molar-refractivity contribution in [2.24, 2.45) is 0 Å². The largest absolute Gasteiger partial charge is 0.467 e. The molecule has 6 heteroatoms. The van der Waals surface area contributed by atoms with E-state index in [1.807, 2.05) is 12.1 Å². The Morgan fingerprint density at radius 2 is 2.18 bits per heavy atom. The summed E-state index contributed by atoms with van der Waals surface area (Å²) in [6.45, 7) is 1.94. The number of hydrogen-bond acceptors (Lipinski definition) is 4. The minimum absolute atomic E-state index is 0.0678. The molecule has 0 unspecified atom stereocenters. The molecular formula is C16H20N2O4. The number of furan rings is 1. The summed E-state index contributed by atoms with van der Waals surface area (Å²) in [6.07, 6.45) is 4.31. The molecule has 2 aromatic heterocycles. The second-order valence-electron chi connectivity index (χ2n) is 4.82. The van der Waals surface area contributed by atoms with Gasteiger partial charge in [-0.05, 0) is 24.6 Å². The number of pyridine rings is 1. The molecule has 118 valence electrons. The van der Waals surface area contributed by atoms with E-state index in [9.17, 15) is 9.59 Å². The number of amides is 1. The van der Waals surface area contributed by atoms with Crippen molar-refractivity contribution >= 4 is 5.91 Å². The highest BCUT2D eigenvalue weighted by atomic mass is 16.5. The van der Waals surface area contributed by atoms with Crippen molar-refractivity contribution in [3.05, 3.63) is 58.9 Å². The first-order valence-electron chi connectivity index (χ1n) is 7.28. The highest BCUT2D eigenvalue weighted by Gasteiger charge is 2.02. The van der Waals surface area contributed by atoms with Crippen LogP contribution in [0.2, 0.25) is 0 Å². The molecular weight excluding hydrogens is 284 g/mol. The van der Waals surface area contributed by atoms with E-state index in [0.29, 0.717) is 26.3 Å². The average molecular weight is 304 g/mol. The third-order valence-electron chi connectivity index (χ3n) is 3.09. The second kappa shape index (κ2) is 8.84. The Morgan fingerprint density at radius 3 is 2.95 bits per heavy atom. The van der Waals surface area contributed by atoms with E-state index in [2.05, 4.69) is 5.32 Å². The molecule has 1 amide bonds. The van der Waals surface area contributed by atoms with Gasteiger partial charge < -0.3 is 19.0 Å². The zero-order chi connectivity index (χ0) is 15.6. The molecule has 0 saturated heterocycles. The van der Waals surface area contributed by atoms with Crippen LogP contribution in [0.25, 0.3) is 0 Å². The van der Waals surface area contributed by atoms with Gasteiger partial charge >= 0.3 is 0 Å². The van der Waals surface area contributed by atoms with E-state index in [0.717, 1.165) is 12.2 Å². The SMILES string of the molecule is O=C(CCn1ccccc1=O)NCCCOCc1ccco1. The number of hydrogen-bond donors (Lipinski definition) is 1. The Labute approximate surface area is 128 Å². The van der Waals surface area contributed by atoms with Crippen molar-refractivity contribution in [2.75, 3.05) is 13.2 Å². The Kier molecular flexibility index (Phi) is 6.44. The van der Waals surface area contributed by atoms with Crippen molar-refractivity contribution in [1.82, 2.24) is 9.88 Å². The molecule has 0 aliphatic heterocycles. The highest BCUT2D eigenvalue weighted by molar-refractivity contribution is 5.75. The molecule has 2 rings (SSSR count). The molecule has 0 saturated carbocycles. The van der Waals surface area contributed by atoms with Crippen molar-refractivity contribution in [3.8, 4) is 0 Å². The number of nitrogens with zero attached hydrogens (tertiary/aromatic N) is 1. The third-order valence-corrected chi connectivity index (χ3v) is 3.09. The summed E-state index contributed by atoms with van der Waals surface area (Å²) in [4.78, 5) is 23.1. The normalized spacial score (nSPS) is 10.5. The van der Waals surface area contributed by atoms with E-state index >= 15 is 0 Å². The van der Waals surface area contributed by atoms with Crippen LogP contribution in [0.4, 0.5) is 0 Å². The molecule has 2 aromatic rings. The predicted molar refractivity (Wildman–Crippen MR) is 81.3 cm³/mol. The fraction of sp³-hybridized carbons (Fsp3) is 0.375. The van der Waals surface area contributed by atoms with Crippen molar-refractivity contribution in [1.29, 1.82) is 0 Å². The number of carbonyl (C=O) groups is 1. The third kappa shape index (κ3) is 5.57. The van der Waals surface area contributed by atoms with Crippen LogP contribution < -0.4 is 10.9 Å². The first kappa shape index (κ1) is 16.0. The maximum Gasteiger partial charge on any atom is 0.250 e. The standard InChI is InChI=1S/C16H20N2O4/c19-15(7-10-18-9-2-1-6-16(18)20)17-8-4-11-21-13-14-5-3-12-22-14/h1-3,5-6,9,12H,4,7-8,10-11,13H2,(H,17,19). The Bertz CT molecular complexity index is 619. The molecule has 0 aliphatic rings. The maximum absolute atomic E-state index is 11.7. The molecule has 0 spiro atoms. The summed E-state index contributed by atoms with van der Waals surface area (Å²) in [6, 6.07) is 8.61. The highest BCUT2D eigenvalue weighted by Crippen LogP contribution is 2.01. The van der Waals surface area contributed by atoms with Gasteiger partial charge in [0.1, 0.15) is 12.4 Å². The smallest absolute Gasteiger partial charge is 0.250 e. The monoisotopic (exact) mass is 304 g/mol. The predicted octanol–water partition coefficient (Wildman–Crippen LogP) is 1.55. The molecule has 0 bridgehead atoms. The first-order valence-corrected chi connectivity index (χ1v) is 7.28. The van der Waals surface area contributed by atoms with Gasteiger partial charge in [0.25, 0.3) is 5.56 Å². The summed E-state index contributed by atoms with van der Waals surface area (Å²) >= 11 is 0. The van der Waals surface area contributed by atoms with Gasteiger partial charge in [-0.1, -0.05) is 6.07 Å². The minimum Gasteiger partial charge on any atom is -0.467 e.